The normalized spacial score (nSPS) is 19.0. The van der Waals surface area contributed by atoms with Crippen LogP contribution in [-0.2, 0) is 9.59 Å². The molecular formula is C16H18BrNO3. The summed E-state index contributed by atoms with van der Waals surface area (Å²) in [4.78, 5) is 24.9. The van der Waals surface area contributed by atoms with Crippen molar-refractivity contribution in [3.63, 3.8) is 0 Å². The predicted molar refractivity (Wildman–Crippen MR) is 84.9 cm³/mol. The van der Waals surface area contributed by atoms with Gasteiger partial charge in [-0.1, -0.05) is 28.1 Å². The van der Waals surface area contributed by atoms with E-state index in [2.05, 4.69) is 15.9 Å². The summed E-state index contributed by atoms with van der Waals surface area (Å²) < 4.78 is 0.917. The summed E-state index contributed by atoms with van der Waals surface area (Å²) in [6.45, 7) is 2.50. The summed E-state index contributed by atoms with van der Waals surface area (Å²) in [5.41, 5.74) is 2.03. The number of hydrogen-bond donors (Lipinski definition) is 1. The van der Waals surface area contributed by atoms with E-state index in [1.54, 1.807) is 6.08 Å². The third-order valence-electron chi connectivity index (χ3n) is 3.63. The fraction of sp³-hybridized carbons (Fsp3) is 0.375. The number of benzene rings is 1. The van der Waals surface area contributed by atoms with Crippen molar-refractivity contribution in [3.05, 3.63) is 39.9 Å². The van der Waals surface area contributed by atoms with Crippen molar-refractivity contribution in [2.45, 2.75) is 32.2 Å². The van der Waals surface area contributed by atoms with Gasteiger partial charge >= 0.3 is 5.97 Å². The molecule has 21 heavy (non-hydrogen) atoms. The Hall–Kier alpha value is -1.62. The van der Waals surface area contributed by atoms with Crippen LogP contribution in [0, 0.1) is 6.92 Å². The number of amides is 1. The number of halogens is 1. The minimum atomic E-state index is -0.923. The van der Waals surface area contributed by atoms with Crippen LogP contribution < -0.4 is 0 Å². The number of aliphatic carboxylic acids is 1. The molecule has 112 valence electrons. The maximum Gasteiger partial charge on any atom is 0.326 e. The average Bonchev–Trinajstić information content (AvgIpc) is 2.46. The highest BCUT2D eigenvalue weighted by atomic mass is 79.9. The lowest BCUT2D eigenvalue weighted by Gasteiger charge is -2.32. The molecule has 1 aromatic carbocycles. The number of nitrogens with zero attached hydrogens (tertiary/aromatic N) is 1. The topological polar surface area (TPSA) is 57.6 Å². The van der Waals surface area contributed by atoms with Crippen LogP contribution in [0.4, 0.5) is 0 Å². The van der Waals surface area contributed by atoms with Gasteiger partial charge in [0.2, 0.25) is 5.91 Å². The molecule has 5 heteroatoms. The zero-order chi connectivity index (χ0) is 15.4. The van der Waals surface area contributed by atoms with Crippen LogP contribution in [0.15, 0.2) is 28.7 Å². The number of carboxylic acids is 1. The molecule has 1 N–H and O–H groups in total. The summed E-state index contributed by atoms with van der Waals surface area (Å²) in [7, 11) is 0. The lowest BCUT2D eigenvalue weighted by atomic mass is 10.0. The van der Waals surface area contributed by atoms with E-state index in [9.17, 15) is 14.7 Å². The van der Waals surface area contributed by atoms with Gasteiger partial charge in [0, 0.05) is 17.1 Å². The first kappa shape index (κ1) is 15.8. The van der Waals surface area contributed by atoms with E-state index in [0.29, 0.717) is 13.0 Å². The summed E-state index contributed by atoms with van der Waals surface area (Å²) in [5, 5.41) is 9.19. The van der Waals surface area contributed by atoms with Crippen molar-refractivity contribution in [1.29, 1.82) is 0 Å². The van der Waals surface area contributed by atoms with Crippen LogP contribution in [0.3, 0.4) is 0 Å². The highest BCUT2D eigenvalue weighted by molar-refractivity contribution is 9.10. The molecule has 1 saturated heterocycles. The van der Waals surface area contributed by atoms with Crippen LogP contribution >= 0.6 is 15.9 Å². The molecule has 1 aliphatic heterocycles. The molecule has 1 aliphatic rings. The SMILES string of the molecule is Cc1ccc(C=CC(=O)N2CCCC[C@H]2C(=O)O)c(Br)c1. The van der Waals surface area contributed by atoms with Crippen molar-refractivity contribution in [1.82, 2.24) is 4.90 Å². The van der Waals surface area contributed by atoms with Crippen molar-refractivity contribution >= 4 is 33.9 Å². The van der Waals surface area contributed by atoms with Gasteiger partial charge in [0.25, 0.3) is 0 Å². The fourth-order valence-electron chi connectivity index (χ4n) is 2.48. The molecule has 1 amide bonds. The molecule has 1 heterocycles. The van der Waals surface area contributed by atoms with E-state index >= 15 is 0 Å². The van der Waals surface area contributed by atoms with Crippen molar-refractivity contribution in [2.24, 2.45) is 0 Å². The molecule has 0 bridgehead atoms. The van der Waals surface area contributed by atoms with Gasteiger partial charge in [0.15, 0.2) is 0 Å². The van der Waals surface area contributed by atoms with Crippen LogP contribution in [-0.4, -0.2) is 34.5 Å². The number of piperidine rings is 1. The van der Waals surface area contributed by atoms with Crippen LogP contribution in [0.25, 0.3) is 6.08 Å². The molecule has 0 aromatic heterocycles. The smallest absolute Gasteiger partial charge is 0.326 e. The van der Waals surface area contributed by atoms with Crippen molar-refractivity contribution in [2.75, 3.05) is 6.54 Å². The summed E-state index contributed by atoms with van der Waals surface area (Å²) in [6, 6.07) is 5.17. The van der Waals surface area contributed by atoms with Gasteiger partial charge in [-0.15, -0.1) is 0 Å². The Morgan fingerprint density at radius 2 is 2.14 bits per heavy atom. The Bertz CT molecular complexity index is 583. The van der Waals surface area contributed by atoms with Gasteiger partial charge in [0.05, 0.1) is 0 Å². The van der Waals surface area contributed by atoms with Gasteiger partial charge in [-0.25, -0.2) is 4.79 Å². The number of likely N-dealkylation sites (tertiary alicyclic amines) is 1. The first-order chi connectivity index (χ1) is 9.99. The molecule has 0 spiro atoms. The third kappa shape index (κ3) is 3.94. The Kier molecular flexibility index (Phi) is 5.17. The number of carbonyl (C=O) groups is 2. The van der Waals surface area contributed by atoms with Gasteiger partial charge in [-0.05, 0) is 49.5 Å². The summed E-state index contributed by atoms with van der Waals surface area (Å²) in [5.74, 6) is -1.16. The van der Waals surface area contributed by atoms with Gasteiger partial charge in [0.1, 0.15) is 6.04 Å². The Balaban J connectivity index is 2.12. The van der Waals surface area contributed by atoms with Crippen molar-refractivity contribution < 1.29 is 14.7 Å². The Morgan fingerprint density at radius 3 is 2.81 bits per heavy atom. The molecule has 0 unspecified atom stereocenters. The zero-order valence-corrected chi connectivity index (χ0v) is 13.5. The van der Waals surface area contributed by atoms with E-state index in [4.69, 9.17) is 0 Å². The van der Waals surface area contributed by atoms with E-state index in [1.807, 2.05) is 25.1 Å². The van der Waals surface area contributed by atoms with Gasteiger partial charge < -0.3 is 10.0 Å². The second-order valence-corrected chi connectivity index (χ2v) is 6.09. The van der Waals surface area contributed by atoms with E-state index < -0.39 is 12.0 Å². The molecule has 0 saturated carbocycles. The standard InChI is InChI=1S/C16H18BrNO3/c1-11-5-6-12(13(17)10-11)7-8-15(19)18-9-3-2-4-14(18)16(20)21/h5-8,10,14H,2-4,9H2,1H3,(H,20,21)/t14-/m0/s1. The third-order valence-corrected chi connectivity index (χ3v) is 4.32. The monoisotopic (exact) mass is 351 g/mol. The highest BCUT2D eigenvalue weighted by Crippen LogP contribution is 2.21. The molecule has 2 rings (SSSR count). The lowest BCUT2D eigenvalue weighted by Crippen LogP contribution is -2.47. The van der Waals surface area contributed by atoms with E-state index in [1.165, 1.54) is 11.0 Å². The minimum Gasteiger partial charge on any atom is -0.480 e. The van der Waals surface area contributed by atoms with E-state index in [-0.39, 0.29) is 5.91 Å². The van der Waals surface area contributed by atoms with Crippen LogP contribution in [0.5, 0.6) is 0 Å². The highest BCUT2D eigenvalue weighted by Gasteiger charge is 2.30. The predicted octanol–water partition coefficient (Wildman–Crippen LogP) is 3.24. The molecule has 0 aliphatic carbocycles. The van der Waals surface area contributed by atoms with Gasteiger partial charge in [-0.2, -0.15) is 0 Å². The quantitative estimate of drug-likeness (QED) is 0.850. The fourth-order valence-corrected chi connectivity index (χ4v) is 3.10. The molecule has 1 fully saturated rings. The average molecular weight is 352 g/mol. The first-order valence-electron chi connectivity index (χ1n) is 6.96. The number of hydrogen-bond acceptors (Lipinski definition) is 2. The second-order valence-electron chi connectivity index (χ2n) is 5.24. The van der Waals surface area contributed by atoms with Gasteiger partial charge in [-0.3, -0.25) is 4.79 Å². The second kappa shape index (κ2) is 6.89. The summed E-state index contributed by atoms with van der Waals surface area (Å²) in [6.07, 6.45) is 5.42. The van der Waals surface area contributed by atoms with Crippen molar-refractivity contribution in [3.8, 4) is 0 Å². The van der Waals surface area contributed by atoms with Crippen LogP contribution in [0.1, 0.15) is 30.4 Å². The molecule has 1 aromatic rings. The Morgan fingerprint density at radius 1 is 1.38 bits per heavy atom. The first-order valence-corrected chi connectivity index (χ1v) is 7.76. The maximum absolute atomic E-state index is 12.2. The molecule has 1 atom stereocenters. The largest absolute Gasteiger partial charge is 0.480 e. The molecule has 0 radical (unpaired) electrons. The lowest BCUT2D eigenvalue weighted by molar-refractivity contribution is -0.150. The number of carbonyl (C=O) groups excluding carboxylic acids is 1. The molecule has 4 nitrogen and oxygen atoms in total. The zero-order valence-electron chi connectivity index (χ0n) is 11.9. The molecular weight excluding hydrogens is 334 g/mol. The Labute approximate surface area is 132 Å². The minimum absolute atomic E-state index is 0.241. The maximum atomic E-state index is 12.2. The summed E-state index contributed by atoms with van der Waals surface area (Å²) >= 11 is 3.46. The van der Waals surface area contributed by atoms with E-state index in [0.717, 1.165) is 28.4 Å². The van der Waals surface area contributed by atoms with Crippen LogP contribution in [0.2, 0.25) is 0 Å². The number of rotatable bonds is 3. The number of carboxylic acid groups (broad SMARTS) is 1. The number of aryl methyl sites for hydroxylation is 1.